The molecule has 1 N–H and O–H groups in total. The van der Waals surface area contributed by atoms with E-state index in [-0.39, 0.29) is 0 Å². The molecule has 0 fully saturated rings. The van der Waals surface area contributed by atoms with E-state index in [1.54, 1.807) is 4.52 Å². The minimum Gasteiger partial charge on any atom is -0.367 e. The zero-order valence-electron chi connectivity index (χ0n) is 11.4. The Labute approximate surface area is 122 Å². The van der Waals surface area contributed by atoms with Gasteiger partial charge in [-0.3, -0.25) is 0 Å². The molecule has 104 valence electrons. The molecule has 0 aliphatic rings. The Balaban J connectivity index is 2.19. The van der Waals surface area contributed by atoms with Crippen LogP contribution in [0.1, 0.15) is 25.8 Å². The van der Waals surface area contributed by atoms with Gasteiger partial charge in [0.2, 0.25) is 0 Å². The average molecular weight is 300 g/mol. The summed E-state index contributed by atoms with van der Waals surface area (Å²) in [6, 6.07) is 0.351. The lowest BCUT2D eigenvalue weighted by Gasteiger charge is -2.17. The lowest BCUT2D eigenvalue weighted by Crippen LogP contribution is -2.19. The molecule has 2 aromatic rings. The Kier molecular flexibility index (Phi) is 4.87. The van der Waals surface area contributed by atoms with Gasteiger partial charge in [-0.05, 0) is 31.8 Å². The van der Waals surface area contributed by atoms with Gasteiger partial charge in [0.25, 0.3) is 5.78 Å². The molecule has 2 rings (SSSR count). The van der Waals surface area contributed by atoms with E-state index in [1.165, 1.54) is 6.33 Å². The predicted molar refractivity (Wildman–Crippen MR) is 81.2 cm³/mol. The predicted octanol–water partition coefficient (Wildman–Crippen LogP) is 3.03. The smallest absolute Gasteiger partial charge is 0.255 e. The van der Waals surface area contributed by atoms with Crippen LogP contribution in [0.5, 0.6) is 0 Å². The molecule has 7 heteroatoms. The van der Waals surface area contributed by atoms with Crippen molar-refractivity contribution in [1.29, 1.82) is 0 Å². The monoisotopic (exact) mass is 299 g/mol. The third-order valence-corrected chi connectivity index (χ3v) is 4.19. The van der Waals surface area contributed by atoms with Gasteiger partial charge in [-0.15, -0.1) is 0 Å². The first-order valence-electron chi connectivity index (χ1n) is 6.33. The zero-order valence-corrected chi connectivity index (χ0v) is 12.9. The van der Waals surface area contributed by atoms with Crippen LogP contribution in [0.15, 0.2) is 6.33 Å². The molecule has 0 spiro atoms. The fourth-order valence-corrected chi connectivity index (χ4v) is 2.75. The maximum absolute atomic E-state index is 6.12. The highest BCUT2D eigenvalue weighted by Gasteiger charge is 2.13. The van der Waals surface area contributed by atoms with Crippen molar-refractivity contribution in [1.82, 2.24) is 19.6 Å². The fraction of sp³-hybridized carbons (Fsp3) is 0.583. The summed E-state index contributed by atoms with van der Waals surface area (Å²) >= 11 is 8.07. The molecule has 5 nitrogen and oxygen atoms in total. The number of rotatable bonds is 6. The number of halogens is 1. The molecule has 1 atom stereocenters. The second-order valence-electron chi connectivity index (χ2n) is 4.38. The standard InChI is InChI=1S/C12H18ClN5S/c1-4-19-6-5-8(2)16-11-9(3)10(13)17-12-14-7-15-18(11)12/h7-8,16H,4-6H2,1-3H3. The summed E-state index contributed by atoms with van der Waals surface area (Å²) < 4.78 is 1.70. The van der Waals surface area contributed by atoms with Crippen LogP contribution in [-0.4, -0.2) is 37.1 Å². The second kappa shape index (κ2) is 6.43. The van der Waals surface area contributed by atoms with Crippen LogP contribution in [0.3, 0.4) is 0 Å². The maximum Gasteiger partial charge on any atom is 0.255 e. The van der Waals surface area contributed by atoms with E-state index in [2.05, 4.69) is 34.2 Å². The fourth-order valence-electron chi connectivity index (χ4n) is 1.78. The van der Waals surface area contributed by atoms with E-state index in [0.717, 1.165) is 29.3 Å². The van der Waals surface area contributed by atoms with Crippen molar-refractivity contribution in [2.75, 3.05) is 16.8 Å². The van der Waals surface area contributed by atoms with E-state index in [0.29, 0.717) is 17.0 Å². The summed E-state index contributed by atoms with van der Waals surface area (Å²) in [6.45, 7) is 6.27. The molecule has 0 radical (unpaired) electrons. The number of thioether (sulfide) groups is 1. The van der Waals surface area contributed by atoms with Gasteiger partial charge in [0.15, 0.2) is 0 Å². The minimum atomic E-state index is 0.351. The maximum atomic E-state index is 6.12. The molecule has 2 heterocycles. The average Bonchev–Trinajstić information content (AvgIpc) is 2.83. The highest BCUT2D eigenvalue weighted by Crippen LogP contribution is 2.23. The lowest BCUT2D eigenvalue weighted by atomic mass is 10.2. The van der Waals surface area contributed by atoms with Crippen molar-refractivity contribution in [2.24, 2.45) is 0 Å². The number of anilines is 1. The molecule has 0 aromatic carbocycles. The van der Waals surface area contributed by atoms with Crippen molar-refractivity contribution in [3.63, 3.8) is 0 Å². The van der Waals surface area contributed by atoms with Crippen LogP contribution in [0.4, 0.5) is 5.82 Å². The summed E-state index contributed by atoms with van der Waals surface area (Å²) in [5.41, 5.74) is 0.898. The van der Waals surface area contributed by atoms with Gasteiger partial charge in [0.1, 0.15) is 17.3 Å². The van der Waals surface area contributed by atoms with Crippen LogP contribution < -0.4 is 5.32 Å². The van der Waals surface area contributed by atoms with Crippen LogP contribution in [0.2, 0.25) is 5.15 Å². The van der Waals surface area contributed by atoms with Crippen LogP contribution in [0, 0.1) is 6.92 Å². The molecule has 2 aromatic heterocycles. The molecule has 19 heavy (non-hydrogen) atoms. The van der Waals surface area contributed by atoms with Crippen LogP contribution in [-0.2, 0) is 0 Å². The van der Waals surface area contributed by atoms with Crippen LogP contribution >= 0.6 is 23.4 Å². The third kappa shape index (κ3) is 3.30. The van der Waals surface area contributed by atoms with Crippen LogP contribution in [0.25, 0.3) is 5.78 Å². The number of nitrogens with one attached hydrogen (secondary N) is 1. The van der Waals surface area contributed by atoms with Gasteiger partial charge < -0.3 is 5.32 Å². The van der Waals surface area contributed by atoms with E-state index in [1.807, 2.05) is 18.7 Å². The molecule has 0 aliphatic heterocycles. The first-order chi connectivity index (χ1) is 9.13. The number of hydrogen-bond acceptors (Lipinski definition) is 5. The second-order valence-corrected chi connectivity index (χ2v) is 6.13. The summed E-state index contributed by atoms with van der Waals surface area (Å²) in [4.78, 5) is 8.27. The summed E-state index contributed by atoms with van der Waals surface area (Å²) in [5, 5.41) is 8.12. The van der Waals surface area contributed by atoms with Crippen molar-refractivity contribution >= 4 is 35.0 Å². The SMILES string of the molecule is CCSCCC(C)Nc1c(C)c(Cl)nc2ncnn12. The molecule has 1 unspecified atom stereocenters. The Morgan fingerprint density at radius 3 is 3.05 bits per heavy atom. The van der Waals surface area contributed by atoms with E-state index in [4.69, 9.17) is 11.6 Å². The topological polar surface area (TPSA) is 55.1 Å². The molecule has 0 amide bonds. The molecular formula is C12H18ClN5S. The Morgan fingerprint density at radius 2 is 2.32 bits per heavy atom. The van der Waals surface area contributed by atoms with Crippen molar-refractivity contribution in [3.05, 3.63) is 17.0 Å². The molecule has 0 saturated heterocycles. The Bertz CT molecular complexity index is 556. The summed E-state index contributed by atoms with van der Waals surface area (Å²) in [6.07, 6.45) is 2.58. The first-order valence-corrected chi connectivity index (χ1v) is 7.86. The third-order valence-electron chi connectivity index (χ3n) is 2.89. The summed E-state index contributed by atoms with van der Waals surface area (Å²) in [7, 11) is 0. The zero-order chi connectivity index (χ0) is 13.8. The molecule has 0 bridgehead atoms. The normalized spacial score (nSPS) is 12.8. The molecule has 0 aliphatic carbocycles. The highest BCUT2D eigenvalue weighted by molar-refractivity contribution is 7.99. The quantitative estimate of drug-likeness (QED) is 0.656. The Morgan fingerprint density at radius 1 is 1.53 bits per heavy atom. The first kappa shape index (κ1) is 14.4. The lowest BCUT2D eigenvalue weighted by molar-refractivity contribution is 0.753. The number of hydrogen-bond donors (Lipinski definition) is 1. The minimum absolute atomic E-state index is 0.351. The van der Waals surface area contributed by atoms with Gasteiger partial charge in [0.05, 0.1) is 0 Å². The number of fused-ring (bicyclic) bond motifs is 1. The van der Waals surface area contributed by atoms with Gasteiger partial charge in [-0.1, -0.05) is 18.5 Å². The van der Waals surface area contributed by atoms with Gasteiger partial charge in [0, 0.05) is 11.6 Å². The number of nitrogens with zero attached hydrogens (tertiary/aromatic N) is 4. The molecule has 0 saturated carbocycles. The van der Waals surface area contributed by atoms with E-state index in [9.17, 15) is 0 Å². The summed E-state index contributed by atoms with van der Waals surface area (Å²) in [5.74, 6) is 3.69. The number of aromatic nitrogens is 4. The van der Waals surface area contributed by atoms with Gasteiger partial charge in [-0.25, -0.2) is 0 Å². The van der Waals surface area contributed by atoms with Gasteiger partial charge in [-0.2, -0.15) is 31.3 Å². The van der Waals surface area contributed by atoms with E-state index < -0.39 is 0 Å². The van der Waals surface area contributed by atoms with Crippen molar-refractivity contribution in [2.45, 2.75) is 33.2 Å². The van der Waals surface area contributed by atoms with Crippen molar-refractivity contribution in [3.8, 4) is 0 Å². The van der Waals surface area contributed by atoms with E-state index >= 15 is 0 Å². The van der Waals surface area contributed by atoms with Crippen molar-refractivity contribution < 1.29 is 0 Å². The van der Waals surface area contributed by atoms with Gasteiger partial charge >= 0.3 is 0 Å². The largest absolute Gasteiger partial charge is 0.367 e. The molecular weight excluding hydrogens is 282 g/mol. The highest BCUT2D eigenvalue weighted by atomic mass is 35.5. The Hall–Kier alpha value is -1.01.